The first-order valence-corrected chi connectivity index (χ1v) is 8.40. The number of ether oxygens (including phenoxy) is 1. The maximum absolute atomic E-state index is 11.5. The molecular formula is C14H21NO5S. The molecule has 21 heavy (non-hydrogen) atoms. The van der Waals surface area contributed by atoms with Crippen molar-refractivity contribution in [2.45, 2.75) is 18.6 Å². The Morgan fingerprint density at radius 1 is 1.33 bits per heavy atom. The molecule has 0 aromatic heterocycles. The lowest BCUT2D eigenvalue weighted by Gasteiger charge is -2.22. The van der Waals surface area contributed by atoms with Gasteiger partial charge in [0.25, 0.3) is 0 Å². The van der Waals surface area contributed by atoms with E-state index < -0.39 is 20.6 Å². The molecule has 0 spiro atoms. The van der Waals surface area contributed by atoms with Crippen LogP contribution in [0.3, 0.4) is 0 Å². The van der Waals surface area contributed by atoms with Gasteiger partial charge in [-0.2, -0.15) is 0 Å². The molecule has 118 valence electrons. The van der Waals surface area contributed by atoms with Crippen LogP contribution in [0.1, 0.15) is 24.2 Å². The van der Waals surface area contributed by atoms with Gasteiger partial charge in [-0.1, -0.05) is 12.1 Å². The number of carboxylic acid groups (broad SMARTS) is 1. The Hall–Kier alpha value is -1.60. The van der Waals surface area contributed by atoms with Crippen molar-refractivity contribution in [2.24, 2.45) is 0 Å². The van der Waals surface area contributed by atoms with E-state index in [-0.39, 0.29) is 12.2 Å². The molecule has 1 aromatic rings. The minimum atomic E-state index is -3.14. The number of carbonyl (C=O) groups is 1. The van der Waals surface area contributed by atoms with Crippen LogP contribution in [0.4, 0.5) is 0 Å². The first-order valence-electron chi connectivity index (χ1n) is 6.50. The summed E-state index contributed by atoms with van der Waals surface area (Å²) in [5, 5.41) is 12.0. The lowest BCUT2D eigenvalue weighted by Crippen LogP contribution is -2.42. The molecule has 0 heterocycles. The summed E-state index contributed by atoms with van der Waals surface area (Å²) in [6.07, 6.45) is 1.20. The highest BCUT2D eigenvalue weighted by Crippen LogP contribution is 2.17. The Bertz CT molecular complexity index is 595. The van der Waals surface area contributed by atoms with Crippen molar-refractivity contribution >= 4 is 15.8 Å². The molecule has 0 saturated heterocycles. The van der Waals surface area contributed by atoms with Crippen molar-refractivity contribution in [3.63, 3.8) is 0 Å². The van der Waals surface area contributed by atoms with Crippen molar-refractivity contribution in [2.75, 3.05) is 26.0 Å². The zero-order chi connectivity index (χ0) is 16.1. The van der Waals surface area contributed by atoms with E-state index in [4.69, 9.17) is 9.84 Å². The topological polar surface area (TPSA) is 92.7 Å². The first-order chi connectivity index (χ1) is 9.65. The summed E-state index contributed by atoms with van der Waals surface area (Å²) >= 11 is 0. The first kappa shape index (κ1) is 17.5. The van der Waals surface area contributed by atoms with Crippen molar-refractivity contribution in [1.29, 1.82) is 0 Å². The van der Waals surface area contributed by atoms with Gasteiger partial charge in [-0.15, -0.1) is 0 Å². The van der Waals surface area contributed by atoms with Gasteiger partial charge in [0.15, 0.2) is 9.84 Å². The lowest BCUT2D eigenvalue weighted by atomic mass is 10.2. The number of hydrogen-bond acceptors (Lipinski definition) is 5. The fraction of sp³-hybridized carbons (Fsp3) is 0.500. The average molecular weight is 315 g/mol. The van der Waals surface area contributed by atoms with Gasteiger partial charge in [-0.05, 0) is 26.0 Å². The van der Waals surface area contributed by atoms with Crippen LogP contribution in [0.25, 0.3) is 0 Å². The predicted octanol–water partition coefficient (Wildman–Crippen LogP) is 1.18. The summed E-state index contributed by atoms with van der Waals surface area (Å²) in [7, 11) is -3.14. The predicted molar refractivity (Wildman–Crippen MR) is 80.7 cm³/mol. The Kier molecular flexibility index (Phi) is 5.74. The van der Waals surface area contributed by atoms with Gasteiger partial charge in [0.05, 0.1) is 4.75 Å². The Morgan fingerprint density at radius 2 is 1.95 bits per heavy atom. The van der Waals surface area contributed by atoms with Crippen molar-refractivity contribution < 1.29 is 23.1 Å². The molecule has 0 aliphatic rings. The van der Waals surface area contributed by atoms with Gasteiger partial charge in [0.2, 0.25) is 0 Å². The monoisotopic (exact) mass is 315 g/mol. The highest BCUT2D eigenvalue weighted by Gasteiger charge is 2.29. The van der Waals surface area contributed by atoms with Gasteiger partial charge in [-0.25, -0.2) is 13.2 Å². The summed E-state index contributed by atoms with van der Waals surface area (Å²) in [5.74, 6) is -0.744. The Balaban J connectivity index is 2.44. The second-order valence-electron chi connectivity index (χ2n) is 5.36. The number of rotatable bonds is 8. The molecule has 7 heteroatoms. The van der Waals surface area contributed by atoms with E-state index in [1.54, 1.807) is 32.0 Å². The molecule has 0 saturated carbocycles. The molecule has 0 fully saturated rings. The number of para-hydroxylation sites is 1. The molecule has 0 aliphatic carbocycles. The molecule has 1 rings (SSSR count). The van der Waals surface area contributed by atoms with Crippen LogP contribution in [0.5, 0.6) is 5.75 Å². The SMILES string of the molecule is CC(C)(CNCCOc1ccccc1C(=O)O)S(C)(=O)=O. The van der Waals surface area contributed by atoms with Crippen LogP contribution in [0.15, 0.2) is 24.3 Å². The maximum atomic E-state index is 11.5. The number of benzene rings is 1. The number of sulfone groups is 1. The molecule has 1 aromatic carbocycles. The van der Waals surface area contributed by atoms with E-state index >= 15 is 0 Å². The molecule has 0 radical (unpaired) electrons. The van der Waals surface area contributed by atoms with Crippen LogP contribution in [-0.2, 0) is 9.84 Å². The third kappa shape index (κ3) is 5.02. The van der Waals surface area contributed by atoms with E-state index in [0.717, 1.165) is 0 Å². The van der Waals surface area contributed by atoms with Gasteiger partial charge >= 0.3 is 5.97 Å². The maximum Gasteiger partial charge on any atom is 0.339 e. The minimum absolute atomic E-state index is 0.106. The number of nitrogens with one attached hydrogen (secondary N) is 1. The normalized spacial score (nSPS) is 12.1. The zero-order valence-electron chi connectivity index (χ0n) is 12.4. The summed E-state index contributed by atoms with van der Waals surface area (Å²) in [6.45, 7) is 4.28. The van der Waals surface area contributed by atoms with Gasteiger partial charge in [0, 0.05) is 19.3 Å². The van der Waals surface area contributed by atoms with E-state index in [9.17, 15) is 13.2 Å². The van der Waals surface area contributed by atoms with Crippen LogP contribution < -0.4 is 10.1 Å². The number of carboxylic acids is 1. The standard InChI is InChI=1S/C14H21NO5S/c1-14(2,21(3,18)19)10-15-8-9-20-12-7-5-4-6-11(12)13(16)17/h4-7,15H,8-10H2,1-3H3,(H,16,17). The van der Waals surface area contributed by atoms with Crippen LogP contribution >= 0.6 is 0 Å². The number of aromatic carboxylic acids is 1. The van der Waals surface area contributed by atoms with Gasteiger partial charge in [-0.3, -0.25) is 0 Å². The van der Waals surface area contributed by atoms with E-state index in [2.05, 4.69) is 5.32 Å². The molecule has 6 nitrogen and oxygen atoms in total. The quantitative estimate of drug-likeness (QED) is 0.700. The second-order valence-corrected chi connectivity index (χ2v) is 8.01. The van der Waals surface area contributed by atoms with E-state index in [1.165, 1.54) is 12.3 Å². The van der Waals surface area contributed by atoms with Gasteiger partial charge in [0.1, 0.15) is 17.9 Å². The lowest BCUT2D eigenvalue weighted by molar-refractivity contribution is 0.0692. The molecule has 0 atom stereocenters. The zero-order valence-corrected chi connectivity index (χ0v) is 13.2. The molecular weight excluding hydrogens is 294 g/mol. The molecule has 2 N–H and O–H groups in total. The van der Waals surface area contributed by atoms with E-state index in [0.29, 0.717) is 18.8 Å². The largest absolute Gasteiger partial charge is 0.491 e. The minimum Gasteiger partial charge on any atom is -0.491 e. The third-order valence-electron chi connectivity index (χ3n) is 3.21. The molecule has 0 bridgehead atoms. The van der Waals surface area contributed by atoms with Crippen LogP contribution in [0, 0.1) is 0 Å². The smallest absolute Gasteiger partial charge is 0.339 e. The third-order valence-corrected chi connectivity index (χ3v) is 5.36. The van der Waals surface area contributed by atoms with Crippen molar-refractivity contribution in [3.8, 4) is 5.75 Å². The van der Waals surface area contributed by atoms with Crippen LogP contribution in [0.2, 0.25) is 0 Å². The highest BCUT2D eigenvalue weighted by atomic mass is 32.2. The Labute approximate surface area is 125 Å². The summed E-state index contributed by atoms with van der Waals surface area (Å²) < 4.78 is 27.6. The fourth-order valence-corrected chi connectivity index (χ4v) is 1.89. The Morgan fingerprint density at radius 3 is 2.52 bits per heavy atom. The highest BCUT2D eigenvalue weighted by molar-refractivity contribution is 7.92. The van der Waals surface area contributed by atoms with Crippen molar-refractivity contribution in [3.05, 3.63) is 29.8 Å². The average Bonchev–Trinajstić information content (AvgIpc) is 2.37. The molecule has 0 amide bonds. The molecule has 0 aliphatic heterocycles. The van der Waals surface area contributed by atoms with Gasteiger partial charge < -0.3 is 15.2 Å². The summed E-state index contributed by atoms with van der Waals surface area (Å²) in [5.41, 5.74) is 0.106. The molecule has 0 unspecified atom stereocenters. The summed E-state index contributed by atoms with van der Waals surface area (Å²) in [4.78, 5) is 11.0. The van der Waals surface area contributed by atoms with E-state index in [1.807, 2.05) is 0 Å². The number of hydrogen-bond donors (Lipinski definition) is 2. The van der Waals surface area contributed by atoms with Crippen LogP contribution in [-0.4, -0.2) is 50.2 Å². The van der Waals surface area contributed by atoms with Crippen molar-refractivity contribution in [1.82, 2.24) is 5.32 Å². The fourth-order valence-electron chi connectivity index (χ4n) is 1.52. The summed E-state index contributed by atoms with van der Waals surface area (Å²) in [6, 6.07) is 6.38. The second kappa shape index (κ2) is 6.91.